The summed E-state index contributed by atoms with van der Waals surface area (Å²) in [4.78, 5) is 11.6. The lowest BCUT2D eigenvalue weighted by Crippen LogP contribution is -2.60. The second-order valence-corrected chi connectivity index (χ2v) is 8.28. The fourth-order valence-corrected chi connectivity index (χ4v) is 5.26. The second-order valence-electron chi connectivity index (χ2n) is 5.81. The van der Waals surface area contributed by atoms with Crippen molar-refractivity contribution in [1.29, 1.82) is 0 Å². The van der Waals surface area contributed by atoms with E-state index in [2.05, 4.69) is 53.7 Å². The number of fused-ring (bicyclic) bond motifs is 1. The third kappa shape index (κ3) is 4.52. The molecule has 4 heteroatoms. The predicted octanol–water partition coefficient (Wildman–Crippen LogP) is 4.21. The van der Waals surface area contributed by atoms with Crippen LogP contribution in [0.25, 0.3) is 5.70 Å². The fourth-order valence-electron chi connectivity index (χ4n) is 2.89. The predicted molar refractivity (Wildman–Crippen MR) is 106 cm³/mol. The van der Waals surface area contributed by atoms with Gasteiger partial charge in [-0.25, -0.2) is 0 Å². The van der Waals surface area contributed by atoms with Crippen molar-refractivity contribution in [2.75, 3.05) is 11.5 Å². The first-order valence-corrected chi connectivity index (χ1v) is 10.4. The lowest BCUT2D eigenvalue weighted by Gasteiger charge is -2.13. The Labute approximate surface area is 152 Å². The van der Waals surface area contributed by atoms with Gasteiger partial charge < -0.3 is 0 Å². The number of hydrogen-bond acceptors (Lipinski definition) is 3. The van der Waals surface area contributed by atoms with E-state index in [1.807, 2.05) is 29.6 Å². The molecule has 0 fully saturated rings. The van der Waals surface area contributed by atoms with Crippen LogP contribution in [-0.4, -0.2) is 11.5 Å². The van der Waals surface area contributed by atoms with Gasteiger partial charge in [-0.3, -0.25) is 0 Å². The zero-order valence-electron chi connectivity index (χ0n) is 13.7. The van der Waals surface area contributed by atoms with Crippen molar-refractivity contribution in [2.24, 2.45) is 0 Å². The minimum absolute atomic E-state index is 0.764. The highest BCUT2D eigenvalue weighted by Crippen LogP contribution is 2.37. The van der Waals surface area contributed by atoms with Crippen molar-refractivity contribution in [3.8, 4) is 0 Å². The van der Waals surface area contributed by atoms with E-state index in [1.165, 1.54) is 11.1 Å². The molecule has 2 aromatic carbocycles. The summed E-state index contributed by atoms with van der Waals surface area (Å²) in [7, 11) is 0. The zero-order chi connectivity index (χ0) is 16.6. The molecule has 0 saturated carbocycles. The lowest BCUT2D eigenvalue weighted by atomic mass is 10.0. The maximum atomic E-state index is 11.6. The number of nitrogens with one attached hydrogen (secondary N) is 1. The van der Waals surface area contributed by atoms with Crippen LogP contribution in [0.1, 0.15) is 29.5 Å². The molecule has 0 radical (unpaired) electrons. The monoisotopic (exact) mass is 356 g/mol. The Balaban J connectivity index is 1.69. The number of benzene rings is 2. The highest BCUT2D eigenvalue weighted by Gasteiger charge is 2.22. The molecule has 1 aliphatic rings. The molecule has 24 heavy (non-hydrogen) atoms. The van der Waals surface area contributed by atoms with Crippen LogP contribution in [0, 0.1) is 4.91 Å². The summed E-state index contributed by atoms with van der Waals surface area (Å²) in [6.07, 6.45) is 4.40. The highest BCUT2D eigenvalue weighted by atomic mass is 32.2. The summed E-state index contributed by atoms with van der Waals surface area (Å²) in [6, 6.07) is 18.9. The van der Waals surface area contributed by atoms with Gasteiger partial charge in [0.2, 0.25) is 0 Å². The van der Waals surface area contributed by atoms with Crippen molar-refractivity contribution in [2.45, 2.75) is 25.7 Å². The first kappa shape index (κ1) is 17.3. The summed E-state index contributed by atoms with van der Waals surface area (Å²) in [5.74, 6) is 2.10. The number of thioether (sulfide) groups is 2. The number of rotatable bonds is 6. The first-order chi connectivity index (χ1) is 11.9. The Morgan fingerprint density at radius 2 is 1.83 bits per heavy atom. The SMILES string of the molecule is O=[NH+]C1=C(SCCCc2ccccc2)SCCCc2ccccc21. The minimum Gasteiger partial charge on any atom is -0.112 e. The first-order valence-electron chi connectivity index (χ1n) is 8.38. The van der Waals surface area contributed by atoms with E-state index in [0.29, 0.717) is 0 Å². The summed E-state index contributed by atoms with van der Waals surface area (Å²) < 4.78 is 1.14. The third-order valence-corrected chi connectivity index (χ3v) is 6.73. The Kier molecular flexibility index (Phi) is 6.56. The van der Waals surface area contributed by atoms with Crippen LogP contribution in [0.2, 0.25) is 0 Å². The summed E-state index contributed by atoms with van der Waals surface area (Å²) in [6.45, 7) is 0. The lowest BCUT2D eigenvalue weighted by molar-refractivity contribution is -0.369. The number of aryl methyl sites for hydroxylation is 2. The fraction of sp³-hybridized carbons (Fsp3) is 0.300. The molecule has 2 nitrogen and oxygen atoms in total. The standard InChI is InChI=1S/C20H21NOS2/c22-21-19-18-13-5-4-11-17(18)12-7-15-24-20(19)23-14-6-10-16-8-2-1-3-9-16/h1-5,8-9,11,13H,6-7,10,12,14-15H2/p+1. The van der Waals surface area contributed by atoms with E-state index < -0.39 is 0 Å². The molecule has 1 heterocycles. The average Bonchev–Trinajstić information content (AvgIpc) is 2.62. The van der Waals surface area contributed by atoms with Gasteiger partial charge in [0.15, 0.2) is 0 Å². The number of nitroso groups, excluding NO2 is 1. The van der Waals surface area contributed by atoms with Gasteiger partial charge in [-0.2, -0.15) is 0 Å². The maximum Gasteiger partial charge on any atom is 0.280 e. The molecule has 0 bridgehead atoms. The molecule has 0 amide bonds. The molecule has 0 spiro atoms. The largest absolute Gasteiger partial charge is 0.280 e. The van der Waals surface area contributed by atoms with Crippen LogP contribution in [-0.2, 0) is 12.8 Å². The topological polar surface area (TPSA) is 31.0 Å². The summed E-state index contributed by atoms with van der Waals surface area (Å²) >= 11 is 3.64. The van der Waals surface area contributed by atoms with Crippen molar-refractivity contribution in [3.63, 3.8) is 0 Å². The van der Waals surface area contributed by atoms with Gasteiger partial charge in [0.1, 0.15) is 4.24 Å². The van der Waals surface area contributed by atoms with Gasteiger partial charge in [0, 0.05) is 10.1 Å². The molecule has 1 aliphatic heterocycles. The second kappa shape index (κ2) is 9.09. The molecule has 1 N–H and O–H groups in total. The van der Waals surface area contributed by atoms with Gasteiger partial charge in [0.05, 0.1) is 5.56 Å². The highest BCUT2D eigenvalue weighted by molar-refractivity contribution is 8.22. The Morgan fingerprint density at radius 1 is 1.04 bits per heavy atom. The van der Waals surface area contributed by atoms with Crippen LogP contribution in [0.5, 0.6) is 0 Å². The van der Waals surface area contributed by atoms with Crippen molar-refractivity contribution in [1.82, 2.24) is 0 Å². The molecule has 2 aromatic rings. The summed E-state index contributed by atoms with van der Waals surface area (Å²) in [5.41, 5.74) is 4.49. The maximum absolute atomic E-state index is 11.6. The van der Waals surface area contributed by atoms with Gasteiger partial charge in [-0.05, 0) is 54.4 Å². The van der Waals surface area contributed by atoms with Gasteiger partial charge in [-0.1, -0.05) is 48.5 Å². The quantitative estimate of drug-likeness (QED) is 0.787. The van der Waals surface area contributed by atoms with E-state index in [4.69, 9.17) is 0 Å². The Bertz CT molecular complexity index is 713. The molecule has 0 unspecified atom stereocenters. The van der Waals surface area contributed by atoms with Crippen LogP contribution in [0.4, 0.5) is 0 Å². The molecule has 0 saturated heterocycles. The van der Waals surface area contributed by atoms with E-state index in [-0.39, 0.29) is 0 Å². The zero-order valence-corrected chi connectivity index (χ0v) is 15.3. The Hall–Kier alpha value is -1.52. The van der Waals surface area contributed by atoms with Crippen LogP contribution >= 0.6 is 23.5 Å². The van der Waals surface area contributed by atoms with Crippen molar-refractivity contribution < 1.29 is 5.18 Å². The van der Waals surface area contributed by atoms with Crippen LogP contribution in [0.15, 0.2) is 58.8 Å². The molecular formula is C20H22NOS2+. The smallest absolute Gasteiger partial charge is 0.112 e. The third-order valence-electron chi connectivity index (χ3n) is 4.10. The molecule has 0 aliphatic carbocycles. The van der Waals surface area contributed by atoms with Gasteiger partial charge >= 0.3 is 0 Å². The molecular weight excluding hydrogens is 334 g/mol. The minimum atomic E-state index is 0.764. The van der Waals surface area contributed by atoms with Crippen LogP contribution in [0.3, 0.4) is 0 Å². The van der Waals surface area contributed by atoms with E-state index in [9.17, 15) is 4.91 Å². The van der Waals surface area contributed by atoms with Crippen molar-refractivity contribution >= 4 is 29.2 Å². The van der Waals surface area contributed by atoms with E-state index in [0.717, 1.165) is 52.7 Å². The van der Waals surface area contributed by atoms with E-state index in [1.54, 1.807) is 0 Å². The summed E-state index contributed by atoms with van der Waals surface area (Å²) in [5, 5.41) is 2.22. The Morgan fingerprint density at radius 3 is 2.67 bits per heavy atom. The van der Waals surface area contributed by atoms with E-state index >= 15 is 0 Å². The molecule has 0 atom stereocenters. The number of hydrogen-bond donors (Lipinski definition) is 1. The van der Waals surface area contributed by atoms with Crippen molar-refractivity contribution in [3.05, 3.63) is 80.4 Å². The van der Waals surface area contributed by atoms with Gasteiger partial charge in [-0.15, -0.1) is 23.5 Å². The molecule has 3 rings (SSSR count). The average molecular weight is 357 g/mol. The van der Waals surface area contributed by atoms with Gasteiger partial charge in [0.25, 0.3) is 5.70 Å². The molecule has 124 valence electrons. The molecule has 0 aromatic heterocycles. The normalized spacial score (nSPS) is 14.7. The van der Waals surface area contributed by atoms with Crippen LogP contribution < -0.4 is 5.18 Å².